The molecule has 2 amide bonds. The third-order valence-electron chi connectivity index (χ3n) is 20.3. The number of nitriles is 5. The topological polar surface area (TPSA) is 276 Å². The minimum absolute atomic E-state index is 0.197. The Bertz CT molecular complexity index is 6490. The van der Waals surface area contributed by atoms with E-state index in [0.717, 1.165) is 130 Å². The Balaban J connectivity index is 0.000000131. The first kappa shape index (κ1) is 82.4. The molecule has 10 aromatic carbocycles. The number of nitrogens with zero attached hydrogens (tertiary/aromatic N) is 10. The van der Waals surface area contributed by atoms with E-state index in [1.165, 1.54) is 18.2 Å². The number of aromatic nitrogens is 5. The molecule has 0 saturated carbocycles. The number of hydrogen-bond donors (Lipinski definition) is 2. The second-order valence-corrected chi connectivity index (χ2v) is 27.4. The molecule has 2 aliphatic heterocycles. The molecule has 7 heterocycles. The van der Waals surface area contributed by atoms with Crippen LogP contribution in [0.15, 0.2) is 212 Å². The van der Waals surface area contributed by atoms with Gasteiger partial charge in [-0.1, -0.05) is 72.8 Å². The van der Waals surface area contributed by atoms with Crippen LogP contribution in [-0.4, -0.2) is 69.4 Å². The second-order valence-electron chi connectivity index (χ2n) is 27.4. The lowest BCUT2D eigenvalue weighted by Gasteiger charge is -2.11. The van der Waals surface area contributed by atoms with Crippen molar-refractivity contribution in [3.63, 3.8) is 0 Å². The van der Waals surface area contributed by atoms with Gasteiger partial charge in [-0.15, -0.1) is 0 Å². The van der Waals surface area contributed by atoms with Crippen molar-refractivity contribution >= 4 is 78.1 Å². The number of hydrogen-bond acceptors (Lipinski definition) is 15. The number of alkyl halides is 3. The smallest absolute Gasteiger partial charge is 0.416 e. The van der Waals surface area contributed by atoms with E-state index in [0.29, 0.717) is 93.4 Å². The predicted octanol–water partition coefficient (Wildman–Crippen LogP) is 21.8. The van der Waals surface area contributed by atoms with E-state index in [1.807, 2.05) is 185 Å². The number of aryl methyl sites for hydroxylation is 4. The molecule has 0 bridgehead atoms. The summed E-state index contributed by atoms with van der Waals surface area (Å²) in [5.41, 5.74) is 16.6. The molecule has 0 saturated heterocycles. The molecule has 26 heteroatoms. The van der Waals surface area contributed by atoms with Crippen molar-refractivity contribution in [2.75, 3.05) is 45.0 Å². The van der Waals surface area contributed by atoms with Crippen LogP contribution in [0.3, 0.4) is 0 Å². The lowest BCUT2D eigenvalue weighted by Crippen LogP contribution is -2.13. The fourth-order valence-corrected chi connectivity index (χ4v) is 14.7. The van der Waals surface area contributed by atoms with E-state index in [-0.39, 0.29) is 26.0 Å². The van der Waals surface area contributed by atoms with Crippen molar-refractivity contribution in [3.05, 3.63) is 274 Å². The molecule has 0 fully saturated rings. The molecule has 2 aliphatic rings. The van der Waals surface area contributed by atoms with Crippen LogP contribution in [0.25, 0.3) is 88.4 Å². The molecular formula is C94H78F4N12O10. The van der Waals surface area contributed by atoms with Gasteiger partial charge in [0.1, 0.15) is 54.3 Å². The van der Waals surface area contributed by atoms with E-state index in [9.17, 15) is 48.2 Å². The highest BCUT2D eigenvalue weighted by Gasteiger charge is 2.32. The summed E-state index contributed by atoms with van der Waals surface area (Å²) in [4.78, 5) is 23.7. The Labute approximate surface area is 687 Å². The number of benzene rings is 10. The van der Waals surface area contributed by atoms with Crippen LogP contribution in [0.5, 0.6) is 34.5 Å². The van der Waals surface area contributed by atoms with Crippen molar-refractivity contribution in [2.45, 2.75) is 80.9 Å². The summed E-state index contributed by atoms with van der Waals surface area (Å²) in [6.45, 7) is 16.4. The Morgan fingerprint density at radius 3 is 1.38 bits per heavy atom. The maximum atomic E-state index is 13.7. The highest BCUT2D eigenvalue weighted by atomic mass is 19.4. The number of fused-ring (bicyclic) bond motifs is 7. The van der Waals surface area contributed by atoms with Crippen LogP contribution >= 0.6 is 0 Å². The monoisotopic (exact) mass is 1610 g/mol. The zero-order chi connectivity index (χ0) is 85.1. The lowest BCUT2D eigenvalue weighted by molar-refractivity contribution is -0.137. The molecule has 5 aromatic heterocycles. The predicted molar refractivity (Wildman–Crippen MR) is 449 cm³/mol. The average molecular weight is 1610 g/mol. The first-order chi connectivity index (χ1) is 58.1. The third-order valence-corrected chi connectivity index (χ3v) is 20.3. The molecular weight excluding hydrogens is 1530 g/mol. The molecule has 2 N–H and O–H groups in total. The molecule has 0 aliphatic carbocycles. The summed E-state index contributed by atoms with van der Waals surface area (Å²) in [5.74, 6) is 3.99. The molecule has 22 nitrogen and oxygen atoms in total. The molecule has 17 rings (SSSR count). The van der Waals surface area contributed by atoms with Crippen LogP contribution in [-0.2, 0) is 41.9 Å². The molecule has 0 atom stereocenters. The number of halogens is 4. The van der Waals surface area contributed by atoms with Gasteiger partial charge in [-0.2, -0.15) is 39.5 Å². The van der Waals surface area contributed by atoms with Crippen molar-refractivity contribution in [1.29, 1.82) is 26.3 Å². The molecule has 0 radical (unpaired) electrons. The summed E-state index contributed by atoms with van der Waals surface area (Å²) >= 11 is 0. The largest absolute Gasteiger partial charge is 0.497 e. The SMILES string of the molecule is CCOC(=O)Nc1ccc(-c2c(C#N)c3ccc(OC)cc3n2CC)cc1.CCn1c(-c2ccc(NC(=O)OCc3ccccc3)cc2)c(C#N)c2ccc(OC)cc21.CCn1cc(C#N)c2ccc(C(F)(F)F)cc21.Cc1c(C#N)c2ccc(F)cc2n1-c1ccc2c(c1)OCO2.Cc1ccc2c(C#N)c(C)n(-c3ccc4c(c3)OCO4)c2c1. The number of nitrogens with one attached hydrogen (secondary N) is 2. The maximum Gasteiger partial charge on any atom is 0.416 e. The number of methoxy groups -OCH3 is 2. The number of ether oxygens (including phenoxy) is 8. The van der Waals surface area contributed by atoms with E-state index in [1.54, 1.807) is 62.2 Å². The van der Waals surface area contributed by atoms with E-state index in [4.69, 9.17) is 43.2 Å². The Morgan fingerprint density at radius 2 is 0.917 bits per heavy atom. The first-order valence-corrected chi connectivity index (χ1v) is 38.1. The van der Waals surface area contributed by atoms with Gasteiger partial charge in [0.2, 0.25) is 13.6 Å². The minimum Gasteiger partial charge on any atom is -0.497 e. The Hall–Kier alpha value is -15.6. The normalized spacial score (nSPS) is 11.4. The van der Waals surface area contributed by atoms with Crippen molar-refractivity contribution < 1.29 is 65.0 Å². The van der Waals surface area contributed by atoms with Gasteiger partial charge in [0.05, 0.1) is 87.7 Å². The summed E-state index contributed by atoms with van der Waals surface area (Å²) in [6.07, 6.45) is -3.79. The number of anilines is 2. The van der Waals surface area contributed by atoms with Gasteiger partial charge in [0.15, 0.2) is 23.0 Å². The van der Waals surface area contributed by atoms with Crippen molar-refractivity contribution in [2.24, 2.45) is 0 Å². The summed E-state index contributed by atoms with van der Waals surface area (Å²) in [7, 11) is 3.25. The van der Waals surface area contributed by atoms with Crippen LogP contribution in [0, 0.1) is 83.2 Å². The van der Waals surface area contributed by atoms with Gasteiger partial charge in [-0.3, -0.25) is 10.6 Å². The molecule has 0 unspecified atom stereocenters. The third kappa shape index (κ3) is 16.9. The second kappa shape index (κ2) is 36.1. The van der Waals surface area contributed by atoms with Gasteiger partial charge in [-0.05, 0) is 180 Å². The van der Waals surface area contributed by atoms with Crippen LogP contribution in [0.1, 0.15) is 83.6 Å². The average Bonchev–Trinajstić information content (AvgIpc) is 1.61. The van der Waals surface area contributed by atoms with E-state index in [2.05, 4.69) is 61.6 Å². The molecule has 15 aromatic rings. The van der Waals surface area contributed by atoms with Gasteiger partial charge in [-0.25, -0.2) is 14.0 Å². The summed E-state index contributed by atoms with van der Waals surface area (Å²) in [6, 6.07) is 72.3. The number of carbonyl (C=O) groups excluding carboxylic acids is 2. The molecule has 120 heavy (non-hydrogen) atoms. The summed E-state index contributed by atoms with van der Waals surface area (Å²) in [5, 5.41) is 56.9. The van der Waals surface area contributed by atoms with E-state index >= 15 is 0 Å². The molecule has 0 spiro atoms. The number of rotatable bonds is 14. The maximum absolute atomic E-state index is 13.7. The Morgan fingerprint density at radius 1 is 0.458 bits per heavy atom. The van der Waals surface area contributed by atoms with Crippen LogP contribution < -0.4 is 39.1 Å². The number of carbonyl (C=O) groups is 2. The van der Waals surface area contributed by atoms with Crippen molar-refractivity contribution in [3.8, 4) is 98.7 Å². The van der Waals surface area contributed by atoms with Gasteiger partial charge >= 0.3 is 18.4 Å². The standard InChI is InChI=1S/C26H23N3O3.C21H21N3O3.C18H14N2O2.C17H11FN2O2.C12H9F3N2/c1-3-29-24-15-21(31-2)13-14-22(24)23(16-27)25(29)19-9-11-20(12-10-19)28-26(30)32-17-18-7-5-4-6-8-18;1-4-24-19-12-16(26-3)10-11-17(19)18(13-22)20(24)14-6-8-15(9-7-14)23-21(25)27-5-2;1-11-3-5-14-15(9-19)12(2)20(16(14)7-11)13-4-6-17-18(8-13)22-10-21-17;1-10-14(8-19)13-4-2-11(18)6-15(13)20(10)12-3-5-16-17(7-12)22-9-21-16;1-2-17-7-8(6-16)10-4-3-9(5-11(10)17)12(13,14)15/h4-15H,3,17H2,1-2H3,(H,28,30);6-12H,4-5H2,1-3H3,(H,23,25);3-8H,10H2,1-2H3;2-7H,9H2,1H3;3-5,7H,2H2,1H3. The fourth-order valence-electron chi connectivity index (χ4n) is 14.7. The minimum atomic E-state index is -4.36. The van der Waals surface area contributed by atoms with Gasteiger partial charge in [0.25, 0.3) is 0 Å². The highest BCUT2D eigenvalue weighted by molar-refractivity contribution is 5.98. The zero-order valence-corrected chi connectivity index (χ0v) is 66.7. The fraction of sp³-hybridized carbons (Fsp3) is 0.181. The van der Waals surface area contributed by atoms with Gasteiger partial charge < -0.3 is 60.7 Å². The number of amides is 2. The van der Waals surface area contributed by atoms with Crippen molar-refractivity contribution in [1.82, 2.24) is 22.8 Å². The molecule has 602 valence electrons. The zero-order valence-electron chi connectivity index (χ0n) is 66.7. The van der Waals surface area contributed by atoms with Crippen LogP contribution in [0.4, 0.5) is 38.5 Å². The summed E-state index contributed by atoms with van der Waals surface area (Å²) < 4.78 is 104. The lowest BCUT2D eigenvalue weighted by atomic mass is 10.1. The van der Waals surface area contributed by atoms with Gasteiger partial charge in [0, 0.05) is 117 Å². The first-order valence-electron chi connectivity index (χ1n) is 38.1. The highest BCUT2D eigenvalue weighted by Crippen LogP contribution is 2.42. The quantitative estimate of drug-likeness (QED) is 0.0958. The Kier molecular flexibility index (Phi) is 24.8. The van der Waals surface area contributed by atoms with Crippen LogP contribution in [0.2, 0.25) is 0 Å². The van der Waals surface area contributed by atoms with E-state index < -0.39 is 23.9 Å².